The van der Waals surface area contributed by atoms with E-state index < -0.39 is 24.1 Å². The number of aromatic nitrogens is 4. The molecule has 2 aromatic heterocycles. The standard InChI is InChI=1S/C19H23F2N7O3/c1-31-18(30)24-14-10-15(28(16(22)29)12-4-7-19(20,21)8-5-12)25-17(23-14)27-9-6-13(26-27)11-2-3-11/h6,9-12H,2-5,7-8H2,1H3,(H2,22,29)(H,23,24,25,30). The summed E-state index contributed by atoms with van der Waals surface area (Å²) in [7, 11) is 1.20. The fourth-order valence-corrected chi connectivity index (χ4v) is 3.68. The fraction of sp³-hybridized carbons (Fsp3) is 0.526. The average molecular weight is 435 g/mol. The van der Waals surface area contributed by atoms with E-state index in [0.29, 0.717) is 5.92 Å². The van der Waals surface area contributed by atoms with E-state index in [1.165, 1.54) is 22.8 Å². The molecule has 2 fully saturated rings. The van der Waals surface area contributed by atoms with Gasteiger partial charge in [-0.15, -0.1) is 0 Å². The molecule has 0 aromatic carbocycles. The van der Waals surface area contributed by atoms with E-state index in [1.807, 2.05) is 6.07 Å². The van der Waals surface area contributed by atoms with E-state index in [4.69, 9.17) is 5.73 Å². The number of nitrogens with one attached hydrogen (secondary N) is 1. The number of carbonyl (C=O) groups excluding carboxylic acids is 2. The molecule has 2 aliphatic carbocycles. The highest BCUT2D eigenvalue weighted by molar-refractivity contribution is 5.91. The molecule has 12 heteroatoms. The van der Waals surface area contributed by atoms with Gasteiger partial charge in [-0.1, -0.05) is 0 Å². The average Bonchev–Trinajstić information content (AvgIpc) is 3.45. The van der Waals surface area contributed by atoms with Gasteiger partial charge in [-0.25, -0.2) is 23.1 Å². The third-order valence-electron chi connectivity index (χ3n) is 5.46. The highest BCUT2D eigenvalue weighted by atomic mass is 19.3. The number of alkyl halides is 2. The number of rotatable bonds is 5. The molecular formula is C19H23F2N7O3. The van der Waals surface area contributed by atoms with E-state index in [1.54, 1.807) is 6.20 Å². The van der Waals surface area contributed by atoms with Crippen molar-refractivity contribution in [2.45, 2.75) is 56.4 Å². The third-order valence-corrected chi connectivity index (χ3v) is 5.46. The van der Waals surface area contributed by atoms with Crippen molar-refractivity contribution in [3.05, 3.63) is 24.0 Å². The Kier molecular flexibility index (Phi) is 5.46. The van der Waals surface area contributed by atoms with Gasteiger partial charge in [-0.3, -0.25) is 10.2 Å². The van der Waals surface area contributed by atoms with Crippen molar-refractivity contribution in [2.24, 2.45) is 5.73 Å². The molecule has 31 heavy (non-hydrogen) atoms. The lowest BCUT2D eigenvalue weighted by Gasteiger charge is -2.35. The van der Waals surface area contributed by atoms with Crippen LogP contribution in [0.4, 0.5) is 30.0 Å². The highest BCUT2D eigenvalue weighted by Gasteiger charge is 2.39. The van der Waals surface area contributed by atoms with Gasteiger partial charge >= 0.3 is 12.1 Å². The van der Waals surface area contributed by atoms with Crippen LogP contribution in [-0.4, -0.2) is 50.9 Å². The van der Waals surface area contributed by atoms with Crippen molar-refractivity contribution in [2.75, 3.05) is 17.3 Å². The Morgan fingerprint density at radius 1 is 1.26 bits per heavy atom. The second-order valence-electron chi connectivity index (χ2n) is 7.78. The number of nitrogens with two attached hydrogens (primary N) is 1. The largest absolute Gasteiger partial charge is 0.453 e. The summed E-state index contributed by atoms with van der Waals surface area (Å²) >= 11 is 0. The topological polar surface area (TPSA) is 128 Å². The van der Waals surface area contributed by atoms with Gasteiger partial charge in [0.25, 0.3) is 5.95 Å². The van der Waals surface area contributed by atoms with Crippen LogP contribution in [0, 0.1) is 0 Å². The molecule has 166 valence electrons. The van der Waals surface area contributed by atoms with Gasteiger partial charge in [0, 0.05) is 37.1 Å². The number of halogens is 2. The first kappa shape index (κ1) is 20.9. The fourth-order valence-electron chi connectivity index (χ4n) is 3.68. The zero-order chi connectivity index (χ0) is 22.2. The van der Waals surface area contributed by atoms with Crippen molar-refractivity contribution >= 4 is 23.8 Å². The van der Waals surface area contributed by atoms with E-state index in [9.17, 15) is 18.4 Å². The Labute approximate surface area is 176 Å². The number of carbonyl (C=O) groups is 2. The number of hydrogen-bond acceptors (Lipinski definition) is 6. The van der Waals surface area contributed by atoms with Crippen LogP contribution in [0.5, 0.6) is 0 Å². The van der Waals surface area contributed by atoms with Crippen LogP contribution in [-0.2, 0) is 4.74 Å². The molecule has 0 spiro atoms. The number of urea groups is 1. The minimum atomic E-state index is -2.76. The van der Waals surface area contributed by atoms with E-state index >= 15 is 0 Å². The molecule has 2 aromatic rings. The monoisotopic (exact) mass is 435 g/mol. The SMILES string of the molecule is COC(=O)Nc1cc(N(C(N)=O)C2CCC(F)(F)CC2)nc(-n2ccc(C3CC3)n2)n1. The Balaban J connectivity index is 1.70. The number of hydrogen-bond donors (Lipinski definition) is 2. The van der Waals surface area contributed by atoms with Crippen LogP contribution >= 0.6 is 0 Å². The van der Waals surface area contributed by atoms with Gasteiger partial charge in [0.05, 0.1) is 12.8 Å². The molecular weight excluding hydrogens is 412 g/mol. The first-order chi connectivity index (χ1) is 14.8. The van der Waals surface area contributed by atoms with Crippen LogP contribution in [0.15, 0.2) is 18.3 Å². The number of primary amides is 1. The normalized spacial score (nSPS) is 18.4. The minimum Gasteiger partial charge on any atom is -0.453 e. The highest BCUT2D eigenvalue weighted by Crippen LogP contribution is 2.39. The molecule has 0 aliphatic heterocycles. The molecule has 0 unspecified atom stereocenters. The summed E-state index contributed by atoms with van der Waals surface area (Å²) in [5.74, 6) is -2.11. The summed E-state index contributed by atoms with van der Waals surface area (Å²) in [6, 6.07) is 1.83. The molecule has 0 bridgehead atoms. The predicted octanol–water partition coefficient (Wildman–Crippen LogP) is 3.18. The van der Waals surface area contributed by atoms with Gasteiger partial charge in [0.1, 0.15) is 11.6 Å². The molecule has 0 saturated heterocycles. The zero-order valence-electron chi connectivity index (χ0n) is 16.9. The maximum absolute atomic E-state index is 13.6. The van der Waals surface area contributed by atoms with Crippen LogP contribution in [0.1, 0.15) is 50.1 Å². The maximum atomic E-state index is 13.6. The van der Waals surface area contributed by atoms with Gasteiger partial charge in [0.15, 0.2) is 0 Å². The number of ether oxygens (including phenoxy) is 1. The first-order valence-electron chi connectivity index (χ1n) is 10.0. The summed E-state index contributed by atoms with van der Waals surface area (Å²) < 4.78 is 33.3. The number of methoxy groups -OCH3 is 1. The van der Waals surface area contributed by atoms with Crippen LogP contribution in [0.2, 0.25) is 0 Å². The van der Waals surface area contributed by atoms with E-state index in [0.717, 1.165) is 18.5 Å². The Morgan fingerprint density at radius 2 is 1.97 bits per heavy atom. The van der Waals surface area contributed by atoms with Crippen molar-refractivity contribution < 1.29 is 23.1 Å². The van der Waals surface area contributed by atoms with Gasteiger partial charge in [0.2, 0.25) is 5.92 Å². The summed E-state index contributed by atoms with van der Waals surface area (Å²) in [5, 5.41) is 6.92. The second kappa shape index (κ2) is 8.08. The molecule has 0 radical (unpaired) electrons. The minimum absolute atomic E-state index is 0.0581. The van der Waals surface area contributed by atoms with Crippen molar-refractivity contribution in [1.29, 1.82) is 0 Å². The lowest BCUT2D eigenvalue weighted by atomic mass is 9.91. The Hall–Kier alpha value is -3.31. The van der Waals surface area contributed by atoms with E-state index in [-0.39, 0.29) is 43.3 Å². The van der Waals surface area contributed by atoms with Crippen molar-refractivity contribution in [3.63, 3.8) is 0 Å². The molecule has 0 atom stereocenters. The molecule has 10 nitrogen and oxygen atoms in total. The first-order valence-corrected chi connectivity index (χ1v) is 10.0. The Morgan fingerprint density at radius 3 is 2.58 bits per heavy atom. The molecule has 3 amide bonds. The maximum Gasteiger partial charge on any atom is 0.412 e. The van der Waals surface area contributed by atoms with Gasteiger partial charge in [-0.05, 0) is 31.7 Å². The molecule has 2 saturated carbocycles. The number of amides is 3. The Bertz CT molecular complexity index is 983. The van der Waals surface area contributed by atoms with Gasteiger partial charge in [-0.2, -0.15) is 15.1 Å². The van der Waals surface area contributed by atoms with Crippen LogP contribution < -0.4 is 16.0 Å². The summed E-state index contributed by atoms with van der Waals surface area (Å²) in [6.07, 6.45) is 2.49. The second-order valence-corrected chi connectivity index (χ2v) is 7.78. The van der Waals surface area contributed by atoms with Crippen LogP contribution in [0.3, 0.4) is 0 Å². The van der Waals surface area contributed by atoms with Crippen LogP contribution in [0.25, 0.3) is 5.95 Å². The lowest BCUT2D eigenvalue weighted by molar-refractivity contribution is -0.0376. The van der Waals surface area contributed by atoms with Crippen molar-refractivity contribution in [3.8, 4) is 5.95 Å². The van der Waals surface area contributed by atoms with E-state index in [2.05, 4.69) is 25.1 Å². The zero-order valence-corrected chi connectivity index (χ0v) is 16.9. The summed E-state index contributed by atoms with van der Waals surface area (Å²) in [5.41, 5.74) is 6.49. The molecule has 2 heterocycles. The smallest absolute Gasteiger partial charge is 0.412 e. The molecule has 3 N–H and O–H groups in total. The number of nitrogens with zero attached hydrogens (tertiary/aromatic N) is 5. The summed E-state index contributed by atoms with van der Waals surface area (Å²) in [6.45, 7) is 0. The molecule has 4 rings (SSSR count). The van der Waals surface area contributed by atoms with Crippen molar-refractivity contribution in [1.82, 2.24) is 19.7 Å². The lowest BCUT2D eigenvalue weighted by Crippen LogP contribution is -2.47. The number of anilines is 2. The third kappa shape index (κ3) is 4.72. The molecule has 2 aliphatic rings. The van der Waals surface area contributed by atoms with Gasteiger partial charge < -0.3 is 10.5 Å². The predicted molar refractivity (Wildman–Crippen MR) is 106 cm³/mol. The summed E-state index contributed by atoms with van der Waals surface area (Å²) in [4.78, 5) is 33.8. The quantitative estimate of drug-likeness (QED) is 0.742.